The van der Waals surface area contributed by atoms with Crippen LogP contribution in [0.25, 0.3) is 0 Å². The van der Waals surface area contributed by atoms with Crippen LogP contribution in [0.2, 0.25) is 0 Å². The van der Waals surface area contributed by atoms with Gasteiger partial charge in [0.05, 0.1) is 12.1 Å². The number of thiazole rings is 1. The molecular weight excluding hydrogens is 456 g/mol. The topological polar surface area (TPSA) is 118 Å². The van der Waals surface area contributed by atoms with Crippen molar-refractivity contribution in [2.75, 3.05) is 26.7 Å². The zero-order chi connectivity index (χ0) is 24.5. The van der Waals surface area contributed by atoms with Crippen molar-refractivity contribution in [2.45, 2.75) is 31.7 Å². The molecular formula is C24H26N4O5S. The Morgan fingerprint density at radius 3 is 2.59 bits per heavy atom. The number of piperidine rings is 1. The molecule has 10 heteroatoms. The average molecular weight is 483 g/mol. The Bertz CT molecular complexity index is 1100. The van der Waals surface area contributed by atoms with Crippen LogP contribution in [0.15, 0.2) is 35.7 Å². The summed E-state index contributed by atoms with van der Waals surface area (Å²) < 4.78 is 4.46. The minimum atomic E-state index is -0.839. The first kappa shape index (κ1) is 24.9. The standard InChI is InChI=1S/C24H26N4O5S/c1-16(22(31)25-14-21(30)33-2)26-23(32)19-15-34-24(27-19)18-10-12-28(13-11-18)20(29)9-8-17-6-4-3-5-7-17/h3-7,15-16,18H,10-14H2,1-2H3,(H,25,31)(H,26,32). The van der Waals surface area contributed by atoms with E-state index in [1.54, 1.807) is 10.3 Å². The summed E-state index contributed by atoms with van der Waals surface area (Å²) in [4.78, 5) is 54.2. The summed E-state index contributed by atoms with van der Waals surface area (Å²) >= 11 is 1.39. The maximum atomic E-state index is 12.5. The van der Waals surface area contributed by atoms with E-state index in [2.05, 4.69) is 32.2 Å². The molecule has 0 aliphatic carbocycles. The molecule has 2 aromatic rings. The van der Waals surface area contributed by atoms with E-state index < -0.39 is 23.8 Å². The highest BCUT2D eigenvalue weighted by Crippen LogP contribution is 2.30. The molecule has 1 atom stereocenters. The maximum absolute atomic E-state index is 12.5. The summed E-state index contributed by atoms with van der Waals surface area (Å²) in [6.07, 6.45) is 1.47. The van der Waals surface area contributed by atoms with E-state index in [1.807, 2.05) is 30.3 Å². The molecule has 2 N–H and O–H groups in total. The van der Waals surface area contributed by atoms with Gasteiger partial charge in [-0.3, -0.25) is 19.2 Å². The molecule has 1 aromatic heterocycles. The lowest BCUT2D eigenvalue weighted by Crippen LogP contribution is -2.46. The van der Waals surface area contributed by atoms with Gasteiger partial charge in [-0.15, -0.1) is 11.3 Å². The van der Waals surface area contributed by atoms with Crippen molar-refractivity contribution in [2.24, 2.45) is 0 Å². The lowest BCUT2D eigenvalue weighted by atomic mass is 9.97. The van der Waals surface area contributed by atoms with Gasteiger partial charge in [0.2, 0.25) is 5.91 Å². The van der Waals surface area contributed by atoms with Crippen molar-refractivity contribution in [1.82, 2.24) is 20.5 Å². The number of hydrogen-bond donors (Lipinski definition) is 2. The number of hydrogen-bond acceptors (Lipinski definition) is 7. The van der Waals surface area contributed by atoms with Crippen molar-refractivity contribution in [3.63, 3.8) is 0 Å². The summed E-state index contributed by atoms with van der Waals surface area (Å²) in [6.45, 7) is 2.40. The quantitative estimate of drug-likeness (QED) is 0.474. The summed E-state index contributed by atoms with van der Waals surface area (Å²) in [7, 11) is 1.22. The first-order valence-corrected chi connectivity index (χ1v) is 11.7. The van der Waals surface area contributed by atoms with Gasteiger partial charge in [0.25, 0.3) is 11.8 Å². The molecule has 9 nitrogen and oxygen atoms in total. The highest BCUT2D eigenvalue weighted by atomic mass is 32.1. The second-order valence-corrected chi connectivity index (χ2v) is 8.63. The summed E-state index contributed by atoms with van der Waals surface area (Å²) in [5, 5.41) is 7.46. The molecule has 1 fully saturated rings. The minimum absolute atomic E-state index is 0.151. The normalized spacial score (nSPS) is 14.4. The molecule has 1 unspecified atom stereocenters. The van der Waals surface area contributed by atoms with E-state index in [-0.39, 0.29) is 24.1 Å². The molecule has 0 saturated carbocycles. The maximum Gasteiger partial charge on any atom is 0.325 e. The van der Waals surface area contributed by atoms with Crippen molar-refractivity contribution < 1.29 is 23.9 Å². The zero-order valence-corrected chi connectivity index (χ0v) is 19.8. The second-order valence-electron chi connectivity index (χ2n) is 7.74. The van der Waals surface area contributed by atoms with Crippen LogP contribution in [0.4, 0.5) is 0 Å². The second kappa shape index (κ2) is 12.0. The Labute approximate surface area is 201 Å². The van der Waals surface area contributed by atoms with E-state index in [0.717, 1.165) is 23.4 Å². The van der Waals surface area contributed by atoms with Crippen molar-refractivity contribution >= 4 is 35.0 Å². The van der Waals surface area contributed by atoms with Crippen molar-refractivity contribution in [3.8, 4) is 11.8 Å². The van der Waals surface area contributed by atoms with Gasteiger partial charge >= 0.3 is 5.97 Å². The number of esters is 1. The fraction of sp³-hybridized carbons (Fsp3) is 0.375. The molecule has 3 rings (SSSR count). The predicted octanol–water partition coefficient (Wildman–Crippen LogP) is 1.31. The molecule has 1 aliphatic rings. The molecule has 178 valence electrons. The monoisotopic (exact) mass is 482 g/mol. The SMILES string of the molecule is COC(=O)CNC(=O)C(C)NC(=O)c1csc(C2CCN(C(=O)C#Cc3ccccc3)CC2)n1. The van der Waals surface area contributed by atoms with Crippen LogP contribution >= 0.6 is 11.3 Å². The number of benzene rings is 1. The van der Waals surface area contributed by atoms with Crippen LogP contribution in [0.5, 0.6) is 0 Å². The fourth-order valence-electron chi connectivity index (χ4n) is 3.36. The smallest absolute Gasteiger partial charge is 0.325 e. The van der Waals surface area contributed by atoms with Gasteiger partial charge in [-0.2, -0.15) is 0 Å². The van der Waals surface area contributed by atoms with E-state index in [0.29, 0.717) is 13.1 Å². The largest absolute Gasteiger partial charge is 0.468 e. The third-order valence-electron chi connectivity index (χ3n) is 5.35. The van der Waals surface area contributed by atoms with Crippen LogP contribution in [-0.2, 0) is 19.1 Å². The first-order valence-electron chi connectivity index (χ1n) is 10.8. The number of nitrogens with one attached hydrogen (secondary N) is 2. The third kappa shape index (κ3) is 6.89. The first-order chi connectivity index (χ1) is 16.4. The van der Waals surface area contributed by atoms with E-state index in [9.17, 15) is 19.2 Å². The minimum Gasteiger partial charge on any atom is -0.468 e. The van der Waals surface area contributed by atoms with E-state index >= 15 is 0 Å². The molecule has 0 bridgehead atoms. The van der Waals surface area contributed by atoms with Crippen LogP contribution in [0, 0.1) is 11.8 Å². The molecule has 34 heavy (non-hydrogen) atoms. The molecule has 1 aromatic carbocycles. The number of carbonyl (C=O) groups is 4. The van der Waals surface area contributed by atoms with Gasteiger partial charge in [0.15, 0.2) is 0 Å². The predicted molar refractivity (Wildman–Crippen MR) is 126 cm³/mol. The lowest BCUT2D eigenvalue weighted by Gasteiger charge is -2.29. The van der Waals surface area contributed by atoms with Gasteiger partial charge in [-0.1, -0.05) is 24.1 Å². The number of carbonyl (C=O) groups excluding carboxylic acids is 4. The molecule has 3 amide bonds. The van der Waals surface area contributed by atoms with Crippen LogP contribution in [0.1, 0.15) is 46.7 Å². The van der Waals surface area contributed by atoms with Crippen LogP contribution in [0.3, 0.4) is 0 Å². The van der Waals surface area contributed by atoms with Gasteiger partial charge < -0.3 is 20.3 Å². The lowest BCUT2D eigenvalue weighted by molar-refractivity contribution is -0.141. The summed E-state index contributed by atoms with van der Waals surface area (Å²) in [6, 6.07) is 8.53. The Morgan fingerprint density at radius 2 is 1.91 bits per heavy atom. The van der Waals surface area contributed by atoms with Crippen molar-refractivity contribution in [1.29, 1.82) is 0 Å². The number of nitrogens with zero attached hydrogens (tertiary/aromatic N) is 2. The highest BCUT2D eigenvalue weighted by Gasteiger charge is 2.26. The van der Waals surface area contributed by atoms with Crippen LogP contribution in [-0.4, -0.2) is 66.4 Å². The molecule has 2 heterocycles. The Balaban J connectivity index is 1.48. The number of amides is 3. The number of likely N-dealkylation sites (tertiary alicyclic amines) is 1. The van der Waals surface area contributed by atoms with Gasteiger partial charge in [-0.25, -0.2) is 4.98 Å². The zero-order valence-electron chi connectivity index (χ0n) is 19.0. The van der Waals surface area contributed by atoms with E-state index in [4.69, 9.17) is 0 Å². The molecule has 1 saturated heterocycles. The Morgan fingerprint density at radius 1 is 1.21 bits per heavy atom. The van der Waals surface area contributed by atoms with Crippen LogP contribution < -0.4 is 10.6 Å². The molecule has 0 spiro atoms. The third-order valence-corrected chi connectivity index (χ3v) is 6.36. The van der Waals surface area contributed by atoms with Gasteiger partial charge in [0.1, 0.15) is 18.3 Å². The summed E-state index contributed by atoms with van der Waals surface area (Å²) in [5.74, 6) is 4.01. The number of methoxy groups -OCH3 is 1. The Hall–Kier alpha value is -3.71. The summed E-state index contributed by atoms with van der Waals surface area (Å²) in [5.41, 5.74) is 1.04. The highest BCUT2D eigenvalue weighted by molar-refractivity contribution is 7.09. The Kier molecular flexibility index (Phi) is 8.76. The number of ether oxygens (including phenoxy) is 1. The number of aromatic nitrogens is 1. The van der Waals surface area contributed by atoms with Crippen molar-refractivity contribution in [3.05, 3.63) is 52.0 Å². The van der Waals surface area contributed by atoms with E-state index in [1.165, 1.54) is 25.4 Å². The average Bonchev–Trinajstić information content (AvgIpc) is 3.37. The fourth-order valence-corrected chi connectivity index (χ4v) is 4.33. The number of rotatable bonds is 6. The van der Waals surface area contributed by atoms with Gasteiger partial charge in [0, 0.05) is 35.9 Å². The molecule has 0 radical (unpaired) electrons. The van der Waals surface area contributed by atoms with Gasteiger partial charge in [-0.05, 0) is 31.9 Å². The molecule has 1 aliphatic heterocycles.